The van der Waals surface area contributed by atoms with Crippen molar-refractivity contribution in [1.29, 1.82) is 0 Å². The van der Waals surface area contributed by atoms with Gasteiger partial charge in [-0.2, -0.15) is 0 Å². The van der Waals surface area contributed by atoms with Gasteiger partial charge in [-0.3, -0.25) is 14.2 Å². The zero-order valence-corrected chi connectivity index (χ0v) is 20.3. The fraction of sp³-hybridized carbons (Fsp3) is 0.462. The molecule has 1 saturated carbocycles. The molecular weight excluding hydrogens is 448 g/mol. The molecule has 1 aromatic carbocycles. The number of carbonyl (C=O) groups excluding carboxylic acids is 1. The van der Waals surface area contributed by atoms with Gasteiger partial charge in [0.05, 0.1) is 38.1 Å². The molecule has 1 aliphatic carbocycles. The molecule has 9 heteroatoms. The van der Waals surface area contributed by atoms with Gasteiger partial charge in [0.2, 0.25) is 5.91 Å². The Hall–Kier alpha value is -3.62. The average Bonchev–Trinajstić information content (AvgIpc) is 2.89. The van der Waals surface area contributed by atoms with E-state index in [1.54, 1.807) is 24.4 Å². The van der Waals surface area contributed by atoms with Crippen molar-refractivity contribution in [3.63, 3.8) is 0 Å². The van der Waals surface area contributed by atoms with Gasteiger partial charge in [-0.15, -0.1) is 0 Å². The van der Waals surface area contributed by atoms with E-state index >= 15 is 0 Å². The first-order chi connectivity index (χ1) is 17.1. The van der Waals surface area contributed by atoms with E-state index in [9.17, 15) is 9.59 Å². The number of carbonyl (C=O) groups is 1. The summed E-state index contributed by atoms with van der Waals surface area (Å²) < 4.78 is 18.1. The van der Waals surface area contributed by atoms with E-state index < -0.39 is 0 Å². The van der Waals surface area contributed by atoms with E-state index in [1.807, 2.05) is 6.07 Å². The van der Waals surface area contributed by atoms with Crippen LogP contribution in [0.2, 0.25) is 0 Å². The molecule has 1 amide bonds. The fourth-order valence-corrected chi connectivity index (χ4v) is 4.41. The molecule has 1 N–H and O–H groups in total. The molecule has 0 bridgehead atoms. The van der Waals surface area contributed by atoms with Crippen molar-refractivity contribution in [2.75, 3.05) is 26.1 Å². The molecule has 9 nitrogen and oxygen atoms in total. The molecule has 2 aromatic heterocycles. The second-order valence-corrected chi connectivity index (χ2v) is 8.78. The van der Waals surface area contributed by atoms with Gasteiger partial charge in [-0.25, -0.2) is 9.97 Å². The van der Waals surface area contributed by atoms with Crippen molar-refractivity contribution < 1.29 is 19.0 Å². The van der Waals surface area contributed by atoms with Crippen LogP contribution in [-0.2, 0) is 11.3 Å². The number of hydrogen-bond donors (Lipinski definition) is 1. The van der Waals surface area contributed by atoms with Crippen LogP contribution in [0.4, 0.5) is 5.82 Å². The number of anilines is 1. The van der Waals surface area contributed by atoms with Crippen LogP contribution in [0.1, 0.15) is 44.9 Å². The highest BCUT2D eigenvalue weighted by molar-refractivity contribution is 5.91. The first kappa shape index (κ1) is 24.5. The molecule has 0 unspecified atom stereocenters. The number of amides is 1. The lowest BCUT2D eigenvalue weighted by Gasteiger charge is -2.22. The number of nitrogens with zero attached hydrogens (tertiary/aromatic N) is 3. The number of aryl methyl sites for hydroxylation is 1. The maximum absolute atomic E-state index is 12.9. The van der Waals surface area contributed by atoms with Gasteiger partial charge < -0.3 is 19.5 Å². The predicted octanol–water partition coefficient (Wildman–Crippen LogP) is 4.19. The number of fused-ring (bicyclic) bond motifs is 1. The number of nitrogens with one attached hydrogen (secondary N) is 1. The third-order valence-corrected chi connectivity index (χ3v) is 6.36. The van der Waals surface area contributed by atoms with Crippen LogP contribution in [0.3, 0.4) is 0 Å². The molecule has 2 heterocycles. The van der Waals surface area contributed by atoms with Crippen molar-refractivity contribution in [1.82, 2.24) is 14.5 Å². The maximum Gasteiger partial charge on any atom is 0.261 e. The van der Waals surface area contributed by atoms with E-state index in [0.29, 0.717) is 59.5 Å². The van der Waals surface area contributed by atoms with Gasteiger partial charge >= 0.3 is 0 Å². The second kappa shape index (κ2) is 11.7. The molecular formula is C26H32N4O5. The van der Waals surface area contributed by atoms with E-state index in [2.05, 4.69) is 15.3 Å². The second-order valence-electron chi connectivity index (χ2n) is 8.78. The van der Waals surface area contributed by atoms with Crippen molar-refractivity contribution >= 4 is 22.6 Å². The van der Waals surface area contributed by atoms with Crippen molar-refractivity contribution in [2.45, 2.75) is 51.5 Å². The number of methoxy groups -OCH3 is 2. The highest BCUT2D eigenvalue weighted by Gasteiger charge is 2.16. The fourth-order valence-electron chi connectivity index (χ4n) is 4.41. The SMILES string of the molecule is COc1cc2ncn(CCCC(=O)Nc3ncccc3OCC3CCCCC3)c(=O)c2cc1OC. The molecule has 0 atom stereocenters. The zero-order chi connectivity index (χ0) is 24.6. The Morgan fingerprint density at radius 1 is 1.09 bits per heavy atom. The van der Waals surface area contributed by atoms with Gasteiger partial charge in [0.25, 0.3) is 5.56 Å². The number of aromatic nitrogens is 3. The van der Waals surface area contributed by atoms with Crippen LogP contribution in [-0.4, -0.2) is 41.3 Å². The van der Waals surface area contributed by atoms with E-state index in [1.165, 1.54) is 57.2 Å². The zero-order valence-electron chi connectivity index (χ0n) is 20.3. The normalized spacial score (nSPS) is 14.0. The molecule has 0 spiro atoms. The topological polar surface area (TPSA) is 105 Å². The number of hydrogen-bond acceptors (Lipinski definition) is 7. The number of benzene rings is 1. The van der Waals surface area contributed by atoms with Crippen molar-refractivity contribution in [3.8, 4) is 17.2 Å². The van der Waals surface area contributed by atoms with Crippen LogP contribution >= 0.6 is 0 Å². The molecule has 35 heavy (non-hydrogen) atoms. The molecule has 1 fully saturated rings. The molecule has 0 radical (unpaired) electrons. The quantitative estimate of drug-likeness (QED) is 0.464. The monoisotopic (exact) mass is 480 g/mol. The lowest BCUT2D eigenvalue weighted by Crippen LogP contribution is -2.22. The number of ether oxygens (including phenoxy) is 3. The summed E-state index contributed by atoms with van der Waals surface area (Å²) in [6.07, 6.45) is 10.00. The van der Waals surface area contributed by atoms with Crippen LogP contribution in [0.25, 0.3) is 10.9 Å². The summed E-state index contributed by atoms with van der Waals surface area (Å²) >= 11 is 0. The van der Waals surface area contributed by atoms with Crippen molar-refractivity contribution in [3.05, 3.63) is 47.1 Å². The number of pyridine rings is 1. The van der Waals surface area contributed by atoms with Gasteiger partial charge in [-0.05, 0) is 43.4 Å². The first-order valence-corrected chi connectivity index (χ1v) is 12.1. The van der Waals surface area contributed by atoms with E-state index in [-0.39, 0.29) is 17.9 Å². The Kier molecular flexibility index (Phi) is 8.18. The standard InChI is InChI=1S/C26H32N4O5/c1-33-22-14-19-20(15-23(22)34-2)28-17-30(26(19)32)13-7-11-24(31)29-25-21(10-6-12-27-25)35-16-18-8-4-3-5-9-18/h6,10,12,14-15,17-18H,3-5,7-9,11,13,16H2,1-2H3,(H,27,29,31). The Bertz CT molecular complexity index is 1220. The summed E-state index contributed by atoms with van der Waals surface area (Å²) in [6.45, 7) is 1.000. The Morgan fingerprint density at radius 2 is 1.86 bits per heavy atom. The summed E-state index contributed by atoms with van der Waals surface area (Å²) in [7, 11) is 3.05. The highest BCUT2D eigenvalue weighted by Crippen LogP contribution is 2.30. The van der Waals surface area contributed by atoms with Crippen LogP contribution in [0.5, 0.6) is 17.2 Å². The summed E-state index contributed by atoms with van der Waals surface area (Å²) in [5.74, 6) is 2.37. The minimum absolute atomic E-state index is 0.181. The summed E-state index contributed by atoms with van der Waals surface area (Å²) in [4.78, 5) is 34.1. The Labute approximate surface area is 204 Å². The summed E-state index contributed by atoms with van der Waals surface area (Å²) in [5, 5.41) is 3.28. The molecule has 1 aliphatic rings. The van der Waals surface area contributed by atoms with Crippen LogP contribution in [0, 0.1) is 5.92 Å². The van der Waals surface area contributed by atoms with E-state index in [4.69, 9.17) is 14.2 Å². The first-order valence-electron chi connectivity index (χ1n) is 12.1. The molecule has 4 rings (SSSR count). The summed E-state index contributed by atoms with van der Waals surface area (Å²) in [5.41, 5.74) is 0.331. The predicted molar refractivity (Wildman–Crippen MR) is 133 cm³/mol. The summed E-state index contributed by atoms with van der Waals surface area (Å²) in [6, 6.07) is 6.93. The molecule has 0 aliphatic heterocycles. The lowest BCUT2D eigenvalue weighted by atomic mass is 9.90. The minimum atomic E-state index is -0.195. The Balaban J connectivity index is 1.34. The lowest BCUT2D eigenvalue weighted by molar-refractivity contribution is -0.116. The van der Waals surface area contributed by atoms with Gasteiger partial charge in [-0.1, -0.05) is 19.3 Å². The largest absolute Gasteiger partial charge is 0.493 e. The van der Waals surface area contributed by atoms with Gasteiger partial charge in [0.1, 0.15) is 0 Å². The minimum Gasteiger partial charge on any atom is -0.493 e. The molecule has 3 aromatic rings. The molecule has 186 valence electrons. The maximum atomic E-state index is 12.9. The smallest absolute Gasteiger partial charge is 0.261 e. The van der Waals surface area contributed by atoms with E-state index in [0.717, 1.165) is 0 Å². The third kappa shape index (κ3) is 6.09. The van der Waals surface area contributed by atoms with Gasteiger partial charge in [0.15, 0.2) is 23.1 Å². The number of rotatable bonds is 10. The van der Waals surface area contributed by atoms with Gasteiger partial charge in [0, 0.05) is 25.2 Å². The average molecular weight is 481 g/mol. The highest BCUT2D eigenvalue weighted by atomic mass is 16.5. The van der Waals surface area contributed by atoms with Crippen LogP contribution in [0.15, 0.2) is 41.6 Å². The molecule has 0 saturated heterocycles. The Morgan fingerprint density at radius 3 is 2.63 bits per heavy atom. The van der Waals surface area contributed by atoms with Crippen LogP contribution < -0.4 is 25.1 Å². The third-order valence-electron chi connectivity index (χ3n) is 6.36. The van der Waals surface area contributed by atoms with Crippen molar-refractivity contribution in [2.24, 2.45) is 5.92 Å².